The van der Waals surface area contributed by atoms with E-state index < -0.39 is 0 Å². The van der Waals surface area contributed by atoms with Crippen LogP contribution in [0.2, 0.25) is 0 Å². The summed E-state index contributed by atoms with van der Waals surface area (Å²) in [4.78, 5) is 0. The van der Waals surface area contributed by atoms with E-state index in [2.05, 4.69) is 65.9 Å². The first kappa shape index (κ1) is 16.0. The summed E-state index contributed by atoms with van der Waals surface area (Å²) in [5, 5.41) is 12.7. The van der Waals surface area contributed by atoms with Crippen molar-refractivity contribution in [1.29, 1.82) is 0 Å². The summed E-state index contributed by atoms with van der Waals surface area (Å²) < 4.78 is 0. The second kappa shape index (κ2) is 5.54. The van der Waals surface area contributed by atoms with E-state index >= 15 is 0 Å². The van der Waals surface area contributed by atoms with Crippen molar-refractivity contribution in [2.45, 2.75) is 65.8 Å². The number of nitrogens with one attached hydrogen (secondary N) is 1. The van der Waals surface area contributed by atoms with E-state index in [1.54, 1.807) is 0 Å². The van der Waals surface area contributed by atoms with E-state index in [0.717, 1.165) is 6.42 Å². The summed E-state index contributed by atoms with van der Waals surface area (Å²) in [5.74, 6) is 0. The molecule has 0 bridgehead atoms. The standard InChI is InChI=1S/C17H29NO/c1-12-10-14(16(3,4)5)11-13(2)15(12)18-17(6,7)8-9-19/h10-11,18-19H,8-9H2,1-7H3. The Morgan fingerprint density at radius 3 is 1.84 bits per heavy atom. The number of hydrogen-bond donors (Lipinski definition) is 2. The van der Waals surface area contributed by atoms with Gasteiger partial charge in [-0.1, -0.05) is 32.9 Å². The zero-order valence-corrected chi connectivity index (χ0v) is 13.5. The molecule has 2 heteroatoms. The topological polar surface area (TPSA) is 32.3 Å². The maximum atomic E-state index is 9.13. The van der Waals surface area contributed by atoms with Crippen molar-refractivity contribution in [3.05, 3.63) is 28.8 Å². The van der Waals surface area contributed by atoms with Crippen molar-refractivity contribution in [1.82, 2.24) is 0 Å². The number of anilines is 1. The molecular weight excluding hydrogens is 234 g/mol. The van der Waals surface area contributed by atoms with Crippen LogP contribution in [-0.2, 0) is 5.41 Å². The van der Waals surface area contributed by atoms with Gasteiger partial charge < -0.3 is 10.4 Å². The van der Waals surface area contributed by atoms with Gasteiger partial charge in [-0.2, -0.15) is 0 Å². The number of aliphatic hydroxyl groups excluding tert-OH is 1. The fourth-order valence-electron chi connectivity index (χ4n) is 2.27. The molecule has 0 aromatic heterocycles. The van der Waals surface area contributed by atoms with Gasteiger partial charge in [-0.05, 0) is 56.2 Å². The van der Waals surface area contributed by atoms with E-state index in [1.807, 2.05) is 0 Å². The zero-order valence-electron chi connectivity index (χ0n) is 13.5. The van der Waals surface area contributed by atoms with Crippen LogP contribution in [0.3, 0.4) is 0 Å². The molecule has 0 saturated carbocycles. The number of hydrogen-bond acceptors (Lipinski definition) is 2. The second-order valence-corrected chi connectivity index (χ2v) is 7.22. The maximum Gasteiger partial charge on any atom is 0.0453 e. The molecule has 0 heterocycles. The van der Waals surface area contributed by atoms with Crippen LogP contribution in [-0.4, -0.2) is 17.3 Å². The lowest BCUT2D eigenvalue weighted by molar-refractivity contribution is 0.261. The van der Waals surface area contributed by atoms with Gasteiger partial charge in [0.1, 0.15) is 0 Å². The van der Waals surface area contributed by atoms with Gasteiger partial charge in [-0.3, -0.25) is 0 Å². The van der Waals surface area contributed by atoms with E-state index in [1.165, 1.54) is 22.4 Å². The van der Waals surface area contributed by atoms with Crippen LogP contribution < -0.4 is 5.32 Å². The third-order valence-electron chi connectivity index (χ3n) is 3.60. The summed E-state index contributed by atoms with van der Waals surface area (Å²) in [6.07, 6.45) is 0.743. The first-order valence-electron chi connectivity index (χ1n) is 7.07. The first-order chi connectivity index (χ1) is 8.57. The van der Waals surface area contributed by atoms with Crippen molar-refractivity contribution >= 4 is 5.69 Å². The van der Waals surface area contributed by atoms with Crippen LogP contribution in [0.4, 0.5) is 5.69 Å². The van der Waals surface area contributed by atoms with Crippen LogP contribution in [0, 0.1) is 13.8 Å². The highest BCUT2D eigenvalue weighted by molar-refractivity contribution is 5.60. The smallest absolute Gasteiger partial charge is 0.0453 e. The Bertz CT molecular complexity index is 418. The van der Waals surface area contributed by atoms with Crippen molar-refractivity contribution in [3.8, 4) is 0 Å². The minimum atomic E-state index is -0.0898. The summed E-state index contributed by atoms with van der Waals surface area (Å²) >= 11 is 0. The molecular formula is C17H29NO. The molecule has 0 aliphatic carbocycles. The normalized spacial score (nSPS) is 12.6. The molecule has 0 radical (unpaired) electrons. The summed E-state index contributed by atoms with van der Waals surface area (Å²) in [6, 6.07) is 4.54. The number of aliphatic hydroxyl groups is 1. The Hall–Kier alpha value is -1.02. The number of benzene rings is 1. The maximum absolute atomic E-state index is 9.13. The highest BCUT2D eigenvalue weighted by Crippen LogP contribution is 2.31. The summed E-state index contributed by atoms with van der Waals surface area (Å²) in [7, 11) is 0. The molecule has 2 N–H and O–H groups in total. The Morgan fingerprint density at radius 1 is 1.00 bits per heavy atom. The minimum Gasteiger partial charge on any atom is -0.396 e. The van der Waals surface area contributed by atoms with Gasteiger partial charge in [0.25, 0.3) is 0 Å². The van der Waals surface area contributed by atoms with Crippen molar-refractivity contribution in [2.24, 2.45) is 0 Å². The molecule has 1 aromatic carbocycles. The molecule has 1 rings (SSSR count). The Balaban J connectivity index is 3.11. The molecule has 2 nitrogen and oxygen atoms in total. The van der Waals surface area contributed by atoms with Gasteiger partial charge in [0, 0.05) is 17.8 Å². The predicted octanol–water partition coefficient (Wildman–Crippen LogP) is 4.17. The first-order valence-corrected chi connectivity index (χ1v) is 7.07. The van der Waals surface area contributed by atoms with Crippen LogP contribution in [0.5, 0.6) is 0 Å². The van der Waals surface area contributed by atoms with E-state index in [9.17, 15) is 0 Å². The van der Waals surface area contributed by atoms with Gasteiger partial charge in [-0.15, -0.1) is 0 Å². The SMILES string of the molecule is Cc1cc(C(C)(C)C)cc(C)c1NC(C)(C)CCO. The van der Waals surface area contributed by atoms with E-state index in [0.29, 0.717) is 0 Å². The van der Waals surface area contributed by atoms with Crippen molar-refractivity contribution in [3.63, 3.8) is 0 Å². The van der Waals surface area contributed by atoms with E-state index in [4.69, 9.17) is 5.11 Å². The minimum absolute atomic E-state index is 0.0898. The molecule has 0 fully saturated rings. The van der Waals surface area contributed by atoms with Gasteiger partial charge >= 0.3 is 0 Å². The Kier molecular flexibility index (Phi) is 4.67. The monoisotopic (exact) mass is 263 g/mol. The Morgan fingerprint density at radius 2 is 1.47 bits per heavy atom. The highest BCUT2D eigenvalue weighted by atomic mass is 16.3. The molecule has 0 atom stereocenters. The zero-order chi connectivity index (χ0) is 14.8. The quantitative estimate of drug-likeness (QED) is 0.854. The lowest BCUT2D eigenvalue weighted by Crippen LogP contribution is -2.32. The molecule has 0 spiro atoms. The van der Waals surface area contributed by atoms with Crippen LogP contribution in [0.25, 0.3) is 0 Å². The van der Waals surface area contributed by atoms with Crippen LogP contribution in [0.1, 0.15) is 57.7 Å². The molecule has 108 valence electrons. The van der Waals surface area contributed by atoms with Gasteiger partial charge in [0.15, 0.2) is 0 Å². The van der Waals surface area contributed by atoms with Gasteiger partial charge in [-0.25, -0.2) is 0 Å². The lowest BCUT2D eigenvalue weighted by atomic mass is 9.84. The average Bonchev–Trinajstić information content (AvgIpc) is 2.21. The second-order valence-electron chi connectivity index (χ2n) is 7.22. The fourth-order valence-corrected chi connectivity index (χ4v) is 2.27. The van der Waals surface area contributed by atoms with Gasteiger partial charge in [0.2, 0.25) is 0 Å². The Labute approximate surface area is 118 Å². The fraction of sp³-hybridized carbons (Fsp3) is 0.647. The number of rotatable bonds is 4. The van der Waals surface area contributed by atoms with Crippen molar-refractivity contribution < 1.29 is 5.11 Å². The van der Waals surface area contributed by atoms with E-state index in [-0.39, 0.29) is 17.6 Å². The molecule has 1 aromatic rings. The third-order valence-corrected chi connectivity index (χ3v) is 3.60. The molecule has 0 unspecified atom stereocenters. The van der Waals surface area contributed by atoms with Gasteiger partial charge in [0.05, 0.1) is 0 Å². The third kappa shape index (κ3) is 4.24. The summed E-state index contributed by atoms with van der Waals surface area (Å²) in [5.41, 5.74) is 5.20. The van der Waals surface area contributed by atoms with Crippen LogP contribution >= 0.6 is 0 Å². The predicted molar refractivity (Wildman–Crippen MR) is 84.0 cm³/mol. The molecule has 19 heavy (non-hydrogen) atoms. The molecule has 0 aliphatic heterocycles. The lowest BCUT2D eigenvalue weighted by Gasteiger charge is -2.30. The average molecular weight is 263 g/mol. The molecule has 0 amide bonds. The molecule has 0 aliphatic rings. The van der Waals surface area contributed by atoms with Crippen LogP contribution in [0.15, 0.2) is 12.1 Å². The molecule has 0 saturated heterocycles. The van der Waals surface area contributed by atoms with Crippen molar-refractivity contribution in [2.75, 3.05) is 11.9 Å². The highest BCUT2D eigenvalue weighted by Gasteiger charge is 2.21. The largest absolute Gasteiger partial charge is 0.396 e. The number of aryl methyl sites for hydroxylation is 2. The summed E-state index contributed by atoms with van der Waals surface area (Å²) in [6.45, 7) is 15.5.